The highest BCUT2D eigenvalue weighted by Crippen LogP contribution is 2.29. The number of fused-ring (bicyclic) bond motifs is 1. The highest BCUT2D eigenvalue weighted by atomic mass is 19.3. The molecule has 162 valence electrons. The van der Waals surface area contributed by atoms with Crippen LogP contribution in [0.2, 0.25) is 0 Å². The first-order valence-corrected chi connectivity index (χ1v) is 10.4. The molecule has 1 saturated carbocycles. The zero-order chi connectivity index (χ0) is 21.7. The van der Waals surface area contributed by atoms with E-state index in [1.807, 2.05) is 23.6 Å². The van der Waals surface area contributed by atoms with Crippen molar-refractivity contribution < 1.29 is 13.6 Å². The van der Waals surface area contributed by atoms with E-state index < -0.39 is 12.3 Å². The molecule has 0 saturated heterocycles. The van der Waals surface area contributed by atoms with Crippen molar-refractivity contribution in [3.05, 3.63) is 53.4 Å². The Kier molecular flexibility index (Phi) is 7.31. The first-order valence-electron chi connectivity index (χ1n) is 10.4. The quantitative estimate of drug-likeness (QED) is 0.772. The fourth-order valence-electron chi connectivity index (χ4n) is 3.78. The predicted octanol–water partition coefficient (Wildman–Crippen LogP) is 4.39. The summed E-state index contributed by atoms with van der Waals surface area (Å²) in [6.45, 7) is 4.15. The second kappa shape index (κ2) is 9.93. The van der Waals surface area contributed by atoms with Crippen molar-refractivity contribution in [2.24, 2.45) is 11.7 Å². The van der Waals surface area contributed by atoms with Crippen LogP contribution in [0.15, 0.2) is 30.6 Å². The van der Waals surface area contributed by atoms with E-state index in [0.29, 0.717) is 17.4 Å². The van der Waals surface area contributed by atoms with Gasteiger partial charge in [-0.3, -0.25) is 15.1 Å². The number of primary amides is 1. The highest BCUT2D eigenvalue weighted by molar-refractivity contribution is 5.92. The topological polar surface area (TPSA) is 85.8 Å². The summed E-state index contributed by atoms with van der Waals surface area (Å²) >= 11 is 0. The Bertz CT molecular complexity index is 870. The second-order valence-electron chi connectivity index (χ2n) is 8.06. The third kappa shape index (κ3) is 5.72. The van der Waals surface area contributed by atoms with E-state index in [1.54, 1.807) is 12.1 Å². The van der Waals surface area contributed by atoms with Crippen molar-refractivity contribution in [3.63, 3.8) is 0 Å². The number of alkyl halides is 2. The normalized spacial score (nSPS) is 22.9. The summed E-state index contributed by atoms with van der Waals surface area (Å²) in [6.07, 6.45) is 10.0. The summed E-state index contributed by atoms with van der Waals surface area (Å²) in [7, 11) is 0. The summed E-state index contributed by atoms with van der Waals surface area (Å²) in [4.78, 5) is 18.4. The van der Waals surface area contributed by atoms with Gasteiger partial charge in [-0.15, -0.1) is 0 Å². The van der Waals surface area contributed by atoms with E-state index in [2.05, 4.69) is 22.2 Å². The molecule has 3 N–H and O–H groups in total. The van der Waals surface area contributed by atoms with Crippen LogP contribution < -0.4 is 11.1 Å². The molecule has 0 spiro atoms. The number of nitrogens with two attached hydrogens (primary N) is 1. The molecule has 4 rings (SSSR count). The number of pyridine rings is 1. The predicted molar refractivity (Wildman–Crippen MR) is 112 cm³/mol. The number of aromatic nitrogens is 3. The van der Waals surface area contributed by atoms with E-state index in [1.165, 1.54) is 38.1 Å². The third-order valence-corrected chi connectivity index (χ3v) is 5.60. The van der Waals surface area contributed by atoms with Gasteiger partial charge in [0.05, 0.1) is 11.7 Å². The number of carbonyl (C=O) groups is 1. The molecule has 1 aliphatic carbocycles. The first-order chi connectivity index (χ1) is 14.3. The van der Waals surface area contributed by atoms with Gasteiger partial charge in [0.1, 0.15) is 11.5 Å². The lowest BCUT2D eigenvalue weighted by atomic mass is 9.87. The van der Waals surface area contributed by atoms with Crippen molar-refractivity contribution in [1.29, 1.82) is 0 Å². The second-order valence-corrected chi connectivity index (χ2v) is 8.06. The van der Waals surface area contributed by atoms with Crippen molar-refractivity contribution in [1.82, 2.24) is 19.9 Å². The number of carbonyl (C=O) groups excluding carboxylic acids is 1. The maximum atomic E-state index is 12.8. The Balaban J connectivity index is 0.000000216. The average molecular weight is 418 g/mol. The number of halogens is 2. The molecule has 2 aromatic rings. The Morgan fingerprint density at radius 1 is 1.27 bits per heavy atom. The molecule has 1 amide bonds. The summed E-state index contributed by atoms with van der Waals surface area (Å²) < 4.78 is 27.4. The Morgan fingerprint density at radius 2 is 2.00 bits per heavy atom. The Morgan fingerprint density at radius 3 is 2.60 bits per heavy atom. The molecule has 1 fully saturated rings. The van der Waals surface area contributed by atoms with E-state index in [9.17, 15) is 13.6 Å². The maximum absolute atomic E-state index is 12.8. The number of aryl methyl sites for hydroxylation is 1. The summed E-state index contributed by atoms with van der Waals surface area (Å²) in [6, 6.07) is 3.90. The minimum atomic E-state index is -2.50. The molecule has 0 aromatic carbocycles. The smallest absolute Gasteiger partial charge is 0.281 e. The van der Waals surface area contributed by atoms with Crippen LogP contribution in [0.5, 0.6) is 0 Å². The van der Waals surface area contributed by atoms with Gasteiger partial charge in [0.25, 0.3) is 6.43 Å². The fourth-order valence-corrected chi connectivity index (χ4v) is 3.78. The van der Waals surface area contributed by atoms with Crippen LogP contribution in [0.1, 0.15) is 79.2 Å². The van der Waals surface area contributed by atoms with Gasteiger partial charge in [-0.25, -0.2) is 13.8 Å². The monoisotopic (exact) mass is 417 g/mol. The minimum Gasteiger partial charge on any atom is -0.366 e. The molecular weight excluding hydrogens is 388 g/mol. The van der Waals surface area contributed by atoms with Gasteiger partial charge < -0.3 is 10.3 Å². The van der Waals surface area contributed by atoms with Crippen LogP contribution in [0.25, 0.3) is 6.08 Å². The molecule has 30 heavy (non-hydrogen) atoms. The molecule has 2 aliphatic rings. The molecule has 3 heterocycles. The zero-order valence-electron chi connectivity index (χ0n) is 17.4. The van der Waals surface area contributed by atoms with Gasteiger partial charge >= 0.3 is 0 Å². The lowest BCUT2D eigenvalue weighted by Gasteiger charge is -2.32. The molecule has 1 unspecified atom stereocenters. The van der Waals surface area contributed by atoms with Crippen molar-refractivity contribution in [2.45, 2.75) is 64.6 Å². The lowest BCUT2D eigenvalue weighted by Crippen LogP contribution is -2.38. The number of nitrogens with zero attached hydrogens (tertiary/aromatic N) is 3. The van der Waals surface area contributed by atoms with Crippen LogP contribution >= 0.6 is 0 Å². The van der Waals surface area contributed by atoms with Crippen molar-refractivity contribution in [3.8, 4) is 0 Å². The van der Waals surface area contributed by atoms with Gasteiger partial charge in [0.15, 0.2) is 0 Å². The molecule has 1 aliphatic heterocycles. The Labute approximate surface area is 175 Å². The van der Waals surface area contributed by atoms with Gasteiger partial charge in [0, 0.05) is 24.1 Å². The first kappa shape index (κ1) is 22.1. The molecule has 6 nitrogen and oxygen atoms in total. The fraction of sp³-hybridized carbons (Fsp3) is 0.500. The number of imidazole rings is 1. The van der Waals surface area contributed by atoms with Crippen LogP contribution in [-0.2, 0) is 0 Å². The maximum Gasteiger partial charge on any atom is 0.281 e. The summed E-state index contributed by atoms with van der Waals surface area (Å²) in [5.41, 5.74) is 6.19. The zero-order valence-corrected chi connectivity index (χ0v) is 17.4. The van der Waals surface area contributed by atoms with Crippen LogP contribution in [0, 0.1) is 12.8 Å². The van der Waals surface area contributed by atoms with Gasteiger partial charge in [0.2, 0.25) is 5.91 Å². The molecule has 2 aromatic heterocycles. The Hall–Kier alpha value is -2.61. The van der Waals surface area contributed by atoms with Crippen LogP contribution in [0.4, 0.5) is 8.78 Å². The lowest BCUT2D eigenvalue weighted by molar-refractivity contribution is 0.1000. The van der Waals surface area contributed by atoms with Crippen LogP contribution in [-0.4, -0.2) is 26.5 Å². The van der Waals surface area contributed by atoms with Crippen molar-refractivity contribution in [2.75, 3.05) is 0 Å². The van der Waals surface area contributed by atoms with Gasteiger partial charge in [-0.2, -0.15) is 0 Å². The largest absolute Gasteiger partial charge is 0.366 e. The minimum absolute atomic E-state index is 0.0633. The van der Waals surface area contributed by atoms with Crippen LogP contribution in [0.3, 0.4) is 0 Å². The van der Waals surface area contributed by atoms with E-state index in [-0.39, 0.29) is 11.9 Å². The number of hydrogen-bond donors (Lipinski definition) is 2. The summed E-state index contributed by atoms with van der Waals surface area (Å²) in [5, 5.41) is 3.61. The van der Waals surface area contributed by atoms with Gasteiger partial charge in [-0.05, 0) is 63.2 Å². The molecule has 0 radical (unpaired) electrons. The molecule has 1 atom stereocenters. The number of nitrogens with one attached hydrogen (secondary N) is 1. The average Bonchev–Trinajstić information content (AvgIpc) is 3.16. The summed E-state index contributed by atoms with van der Waals surface area (Å²) in [5.74, 6) is 1.01. The molecule has 8 heteroatoms. The van der Waals surface area contributed by atoms with E-state index in [0.717, 1.165) is 18.0 Å². The highest BCUT2D eigenvalue weighted by Gasteiger charge is 2.25. The standard InChI is InChI=1S/C15H21F2N3.C7H8N2O/c1-10-5-7-11(8-6-10)18-13-3-2-4-14-19-12(15(16)17)9-20(13)14;1-5-2-3-6(4-9-5)7(8)10/h2,4,9-11,13,15,18H,3,5-8H2,1H3;2-4H,1H3,(H2,8,10). The van der Waals surface area contributed by atoms with E-state index in [4.69, 9.17) is 5.73 Å². The molecule has 0 bridgehead atoms. The van der Waals surface area contributed by atoms with Crippen molar-refractivity contribution >= 4 is 12.0 Å². The number of rotatable bonds is 4. The SMILES string of the molecule is CC1CCC(NC2CC=Cc3nc(C(F)F)cn32)CC1.Cc1ccc(C(N)=O)cn1. The number of amides is 1. The van der Waals surface area contributed by atoms with Gasteiger partial charge in [-0.1, -0.05) is 13.0 Å². The molecular formula is C22H29F2N5O. The van der Waals surface area contributed by atoms with E-state index >= 15 is 0 Å². The third-order valence-electron chi connectivity index (χ3n) is 5.60. The number of hydrogen-bond acceptors (Lipinski definition) is 4.